The first kappa shape index (κ1) is 50.3. The summed E-state index contributed by atoms with van der Waals surface area (Å²) in [5.41, 5.74) is 21.7. The summed E-state index contributed by atoms with van der Waals surface area (Å²) in [5, 5.41) is 3.59. The Bertz CT molecular complexity index is 1920. The molecular weight excluding hydrogens is 811 g/mol. The van der Waals surface area contributed by atoms with Crippen molar-refractivity contribution in [2.75, 3.05) is 92.9 Å². The Labute approximate surface area is 381 Å². The molecule has 64 heavy (non-hydrogen) atoms. The van der Waals surface area contributed by atoms with E-state index in [0.717, 1.165) is 111 Å². The van der Waals surface area contributed by atoms with Gasteiger partial charge in [-0.15, -0.1) is 0 Å². The first-order chi connectivity index (χ1) is 31.6. The van der Waals surface area contributed by atoms with E-state index in [4.69, 9.17) is 48.2 Å². The van der Waals surface area contributed by atoms with Crippen molar-refractivity contribution in [3.05, 3.63) is 111 Å². The Morgan fingerprint density at radius 2 is 1.28 bits per heavy atom. The van der Waals surface area contributed by atoms with Crippen LogP contribution in [-0.4, -0.2) is 99.0 Å². The monoisotopic (exact) mass is 882 g/mol. The van der Waals surface area contributed by atoms with Crippen LogP contribution in [0, 0.1) is 6.92 Å². The van der Waals surface area contributed by atoms with Gasteiger partial charge in [0.05, 0.1) is 60.0 Å². The molecule has 0 spiro atoms. The predicted molar refractivity (Wildman–Crippen MR) is 250 cm³/mol. The molecule has 3 aromatic carbocycles. The smallest absolute Gasteiger partial charge is 0.175 e. The van der Waals surface area contributed by atoms with E-state index < -0.39 is 0 Å². The molecule has 1 fully saturated rings. The zero-order chi connectivity index (χ0) is 44.7. The number of unbranched alkanes of at least 4 members (excludes halogenated alkanes) is 3. The van der Waals surface area contributed by atoms with Crippen LogP contribution in [0.4, 0.5) is 0 Å². The molecule has 0 N–H and O–H groups in total. The Morgan fingerprint density at radius 1 is 0.656 bits per heavy atom. The van der Waals surface area contributed by atoms with Gasteiger partial charge in [0, 0.05) is 36.7 Å². The van der Waals surface area contributed by atoms with E-state index >= 15 is 0 Å². The Morgan fingerprint density at radius 3 is 1.98 bits per heavy atom. The summed E-state index contributed by atoms with van der Waals surface area (Å²) in [5.74, 6) is 3.01. The Kier molecular flexibility index (Phi) is 24.5. The highest BCUT2D eigenvalue weighted by Crippen LogP contribution is 2.33. The van der Waals surface area contributed by atoms with E-state index in [1.807, 2.05) is 12.1 Å². The standard InChI is InChI=1S/C52H71N3O9/c1-42-38-44(39-51(56-2)52(42)63-29-12-8-5-9-26-54-55-53)15-13-14-43-16-19-46(20-17-43)47-21-23-48(24-22-47)64-41-45-18-25-49-50(40-45)62-37-35-60-33-31-58-28-11-7-4-3-6-10-27-57-30-32-59-34-36-61-49/h16-17,19-24,38-39,50H,3-15,26-37,40-41H2,1-2H3. The number of hydrogen-bond donors (Lipinski definition) is 0. The van der Waals surface area contributed by atoms with Gasteiger partial charge in [0.15, 0.2) is 17.3 Å². The summed E-state index contributed by atoms with van der Waals surface area (Å²) in [6.07, 6.45) is 14.2. The van der Waals surface area contributed by atoms with Crippen LogP contribution in [0.15, 0.2) is 88.6 Å². The average Bonchev–Trinajstić information content (AvgIpc) is 3.31. The molecule has 1 saturated heterocycles. The van der Waals surface area contributed by atoms with Crippen LogP contribution in [0.1, 0.15) is 93.7 Å². The largest absolute Gasteiger partial charge is 0.493 e. The third kappa shape index (κ3) is 19.6. The van der Waals surface area contributed by atoms with Gasteiger partial charge >= 0.3 is 0 Å². The second-order valence-electron chi connectivity index (χ2n) is 16.2. The van der Waals surface area contributed by atoms with Crippen molar-refractivity contribution in [3.63, 3.8) is 0 Å². The number of ether oxygens (including phenoxy) is 9. The fourth-order valence-corrected chi connectivity index (χ4v) is 7.60. The molecule has 12 nitrogen and oxygen atoms in total. The SMILES string of the molecule is COc1cc(CCCc2ccc(-c3ccc(OCC4=C=C=C5OCCOCCOCCCCCCCCOCCOCCOC5C4)cc3)cc2)cc(C)c1OCCCCCCN=[N+]=[N-]. The molecule has 0 aromatic heterocycles. The number of fused-ring (bicyclic) bond motifs is 1. The van der Waals surface area contributed by atoms with Crippen LogP contribution in [-0.2, 0) is 41.3 Å². The van der Waals surface area contributed by atoms with E-state index in [1.54, 1.807) is 7.11 Å². The summed E-state index contributed by atoms with van der Waals surface area (Å²) >= 11 is 0. The number of azide groups is 1. The lowest BCUT2D eigenvalue weighted by Crippen LogP contribution is -2.24. The highest BCUT2D eigenvalue weighted by Gasteiger charge is 2.22. The zero-order valence-electron chi connectivity index (χ0n) is 38.5. The summed E-state index contributed by atoms with van der Waals surface area (Å²) in [4.78, 5) is 2.81. The fraction of sp³-hybridized carbons (Fsp3) is 0.577. The van der Waals surface area contributed by atoms with Gasteiger partial charge in [-0.2, -0.15) is 0 Å². The van der Waals surface area contributed by atoms with Crippen molar-refractivity contribution in [1.82, 2.24) is 0 Å². The molecule has 2 aliphatic rings. The van der Waals surface area contributed by atoms with Gasteiger partial charge in [0.2, 0.25) is 0 Å². The molecule has 12 heteroatoms. The topological polar surface area (TPSA) is 132 Å². The van der Waals surface area contributed by atoms with Crippen molar-refractivity contribution in [3.8, 4) is 28.4 Å². The number of nitrogens with zero attached hydrogens (tertiary/aromatic N) is 3. The van der Waals surface area contributed by atoms with Crippen LogP contribution in [0.5, 0.6) is 17.2 Å². The van der Waals surface area contributed by atoms with E-state index in [-0.39, 0.29) is 6.10 Å². The van der Waals surface area contributed by atoms with Crippen LogP contribution < -0.4 is 14.2 Å². The van der Waals surface area contributed by atoms with Gasteiger partial charge in [0.1, 0.15) is 25.1 Å². The van der Waals surface area contributed by atoms with Gasteiger partial charge in [-0.25, -0.2) is 0 Å². The number of hydrogen-bond acceptors (Lipinski definition) is 10. The highest BCUT2D eigenvalue weighted by atomic mass is 16.6. The molecule has 1 aliphatic carbocycles. The van der Waals surface area contributed by atoms with Crippen molar-refractivity contribution in [2.24, 2.45) is 5.11 Å². The van der Waals surface area contributed by atoms with Crippen molar-refractivity contribution < 1.29 is 42.6 Å². The molecule has 1 unspecified atom stereocenters. The molecule has 1 aliphatic heterocycles. The van der Waals surface area contributed by atoms with Crippen LogP contribution >= 0.6 is 0 Å². The first-order valence-corrected chi connectivity index (χ1v) is 23.5. The fourth-order valence-electron chi connectivity index (χ4n) is 7.60. The number of benzene rings is 3. The van der Waals surface area contributed by atoms with Crippen LogP contribution in [0.25, 0.3) is 21.6 Å². The van der Waals surface area contributed by atoms with Crippen molar-refractivity contribution in [1.29, 1.82) is 0 Å². The molecule has 5 rings (SSSR count). The molecule has 0 bridgehead atoms. The lowest BCUT2D eigenvalue weighted by atomic mass is 9.99. The minimum atomic E-state index is -0.311. The molecule has 348 valence electrons. The third-order valence-electron chi connectivity index (χ3n) is 11.2. The molecule has 0 radical (unpaired) electrons. The first-order valence-electron chi connectivity index (χ1n) is 23.5. The van der Waals surface area contributed by atoms with Gasteiger partial charge in [-0.05, 0) is 109 Å². The van der Waals surface area contributed by atoms with Gasteiger partial charge in [0.25, 0.3) is 0 Å². The van der Waals surface area contributed by atoms with Crippen LogP contribution in [0.2, 0.25) is 0 Å². The van der Waals surface area contributed by atoms with Crippen LogP contribution in [0.3, 0.4) is 0 Å². The third-order valence-corrected chi connectivity index (χ3v) is 11.2. The molecule has 1 heterocycles. The molecule has 1 atom stereocenters. The normalized spacial score (nSPS) is 17.6. The molecular formula is C52H71N3O9. The summed E-state index contributed by atoms with van der Waals surface area (Å²) in [6, 6.07) is 21.4. The molecule has 3 aromatic rings. The maximum atomic E-state index is 8.40. The van der Waals surface area contributed by atoms with Crippen molar-refractivity contribution >= 4 is 0 Å². The maximum absolute atomic E-state index is 8.40. The van der Waals surface area contributed by atoms with Gasteiger partial charge in [-0.1, -0.05) is 91.8 Å². The Hall–Kier alpha value is -4.73. The zero-order valence-corrected chi connectivity index (χ0v) is 38.5. The lowest BCUT2D eigenvalue weighted by Gasteiger charge is -2.22. The van der Waals surface area contributed by atoms with E-state index in [1.165, 1.54) is 36.8 Å². The lowest BCUT2D eigenvalue weighted by molar-refractivity contribution is -0.0259. The predicted octanol–water partition coefficient (Wildman–Crippen LogP) is 11.3. The number of rotatable bonds is 17. The second-order valence-corrected chi connectivity index (χ2v) is 16.2. The summed E-state index contributed by atoms with van der Waals surface area (Å²) in [6.45, 7) is 9.22. The Balaban J connectivity index is 1.05. The number of methoxy groups -OCH3 is 1. The molecule has 0 amide bonds. The highest BCUT2D eigenvalue weighted by molar-refractivity contribution is 5.64. The van der Waals surface area contributed by atoms with Gasteiger partial charge in [-0.3, -0.25) is 0 Å². The average molecular weight is 882 g/mol. The van der Waals surface area contributed by atoms with E-state index in [0.29, 0.717) is 84.8 Å². The second kappa shape index (κ2) is 31.2. The quantitative estimate of drug-likeness (QED) is 0.0427. The molecule has 0 saturated carbocycles. The minimum Gasteiger partial charge on any atom is -0.493 e. The van der Waals surface area contributed by atoms with Gasteiger partial charge < -0.3 is 42.6 Å². The van der Waals surface area contributed by atoms with Crippen molar-refractivity contribution in [2.45, 2.75) is 103 Å². The van der Waals surface area contributed by atoms with E-state index in [2.05, 4.69) is 76.9 Å². The minimum absolute atomic E-state index is 0.311. The number of aryl methyl sites for hydroxylation is 3. The summed E-state index contributed by atoms with van der Waals surface area (Å²) < 4.78 is 53.4. The summed E-state index contributed by atoms with van der Waals surface area (Å²) in [7, 11) is 1.70. The van der Waals surface area contributed by atoms with E-state index in [9.17, 15) is 0 Å². The maximum Gasteiger partial charge on any atom is 0.175 e.